The van der Waals surface area contributed by atoms with Crippen LogP contribution in [-0.2, 0) is 0 Å². The van der Waals surface area contributed by atoms with Crippen molar-refractivity contribution in [2.24, 2.45) is 0 Å². The van der Waals surface area contributed by atoms with Crippen LogP contribution in [0.25, 0.3) is 0 Å². The van der Waals surface area contributed by atoms with Crippen molar-refractivity contribution in [1.82, 2.24) is 4.98 Å². The second-order valence-corrected chi connectivity index (χ2v) is 3.98. The number of hydrogen-bond donors (Lipinski definition) is 0. The zero-order valence-electron chi connectivity index (χ0n) is 6.06. The number of nitriles is 1. The highest BCUT2D eigenvalue weighted by Gasteiger charge is 2.14. The van der Waals surface area contributed by atoms with Gasteiger partial charge in [-0.15, -0.1) is 0 Å². The molecule has 0 aliphatic rings. The molecule has 13 heavy (non-hydrogen) atoms. The largest absolute Gasteiger partial charge is 0.280 e. The Kier molecular flexibility index (Phi) is 3.55. The van der Waals surface area contributed by atoms with Crippen LogP contribution >= 0.6 is 38.5 Å². The van der Waals surface area contributed by atoms with Gasteiger partial charge in [0.25, 0.3) is 6.43 Å². The Labute approximate surface area is 95.2 Å². The van der Waals surface area contributed by atoms with Gasteiger partial charge in [-0.3, -0.25) is 0 Å². The first-order valence-corrected chi connectivity index (χ1v) is 4.97. The van der Waals surface area contributed by atoms with Gasteiger partial charge >= 0.3 is 0 Å². The van der Waals surface area contributed by atoms with Crippen LogP contribution in [0.5, 0.6) is 0 Å². The van der Waals surface area contributed by atoms with E-state index >= 15 is 0 Å². The second-order valence-electron chi connectivity index (χ2n) is 2.11. The van der Waals surface area contributed by atoms with Gasteiger partial charge in [0.2, 0.25) is 0 Å². The predicted octanol–water partition coefficient (Wildman–Crippen LogP) is 3.26. The van der Waals surface area contributed by atoms with E-state index in [1.807, 2.05) is 6.07 Å². The molecule has 0 aliphatic carbocycles. The van der Waals surface area contributed by atoms with E-state index in [9.17, 15) is 8.78 Å². The summed E-state index contributed by atoms with van der Waals surface area (Å²) < 4.78 is 25.0. The fourth-order valence-corrected chi connectivity index (χ4v) is 2.28. The lowest BCUT2D eigenvalue weighted by molar-refractivity contribution is 0.146. The quantitative estimate of drug-likeness (QED) is 0.570. The van der Waals surface area contributed by atoms with E-state index < -0.39 is 6.43 Å². The van der Waals surface area contributed by atoms with Gasteiger partial charge in [-0.25, -0.2) is 13.8 Å². The van der Waals surface area contributed by atoms with E-state index in [1.165, 1.54) is 0 Å². The van der Waals surface area contributed by atoms with Crippen LogP contribution in [0.1, 0.15) is 17.7 Å². The highest BCUT2D eigenvalue weighted by molar-refractivity contribution is 14.1. The third-order valence-corrected chi connectivity index (χ3v) is 2.69. The molecule has 2 nitrogen and oxygen atoms in total. The number of alkyl halides is 2. The molecule has 0 unspecified atom stereocenters. The van der Waals surface area contributed by atoms with Crippen molar-refractivity contribution in [3.05, 3.63) is 25.5 Å². The number of aromatic nitrogens is 1. The van der Waals surface area contributed by atoms with E-state index in [2.05, 4.69) is 20.9 Å². The molecule has 0 aliphatic heterocycles. The maximum Gasteiger partial charge on any atom is 0.280 e. The van der Waals surface area contributed by atoms with E-state index in [0.29, 0.717) is 4.47 Å². The predicted molar refractivity (Wildman–Crippen MR) is 54.3 cm³/mol. The SMILES string of the molecule is N#Cc1c(Br)cc(C(F)F)nc1I. The minimum atomic E-state index is -2.61. The molecule has 6 heteroatoms. The zero-order chi connectivity index (χ0) is 10.0. The smallest absolute Gasteiger partial charge is 0.239 e. The fraction of sp³-hybridized carbons (Fsp3) is 0.143. The summed E-state index contributed by atoms with van der Waals surface area (Å²) in [6, 6.07) is 3.03. The first-order valence-electron chi connectivity index (χ1n) is 3.10. The molecule has 68 valence electrons. The summed E-state index contributed by atoms with van der Waals surface area (Å²) in [6.45, 7) is 0. The van der Waals surface area contributed by atoms with E-state index in [-0.39, 0.29) is 15.0 Å². The summed E-state index contributed by atoms with van der Waals surface area (Å²) in [7, 11) is 0. The Hall–Kier alpha value is -0.290. The van der Waals surface area contributed by atoms with E-state index in [1.54, 1.807) is 22.6 Å². The molecule has 1 rings (SSSR count). The van der Waals surface area contributed by atoms with Gasteiger partial charge in [0, 0.05) is 4.47 Å². The summed E-state index contributed by atoms with van der Waals surface area (Å²) in [5.74, 6) is 0. The van der Waals surface area contributed by atoms with Crippen LogP contribution in [0.4, 0.5) is 8.78 Å². The lowest BCUT2D eigenvalue weighted by Gasteiger charge is -2.02. The minimum absolute atomic E-state index is 0.282. The van der Waals surface area contributed by atoms with Crippen molar-refractivity contribution in [2.45, 2.75) is 6.43 Å². The molecule has 0 fully saturated rings. The molecule has 0 amide bonds. The molecule has 1 aromatic heterocycles. The van der Waals surface area contributed by atoms with Gasteiger partial charge in [0.15, 0.2) is 0 Å². The zero-order valence-corrected chi connectivity index (χ0v) is 9.80. The lowest BCUT2D eigenvalue weighted by Crippen LogP contribution is -1.96. The lowest BCUT2D eigenvalue weighted by atomic mass is 10.3. The summed E-state index contributed by atoms with van der Waals surface area (Å²) in [5.41, 5.74) is -0.0414. The van der Waals surface area contributed by atoms with Gasteiger partial charge in [-0.05, 0) is 44.6 Å². The first kappa shape index (κ1) is 10.8. The van der Waals surface area contributed by atoms with Gasteiger partial charge in [-0.2, -0.15) is 5.26 Å². The van der Waals surface area contributed by atoms with Crippen molar-refractivity contribution in [3.63, 3.8) is 0 Å². The third kappa shape index (κ3) is 2.34. The molecule has 0 atom stereocenters. The van der Waals surface area contributed by atoms with Crippen molar-refractivity contribution in [3.8, 4) is 6.07 Å². The maximum atomic E-state index is 12.2. The van der Waals surface area contributed by atoms with Crippen LogP contribution < -0.4 is 0 Å². The molecule has 1 heterocycles. The van der Waals surface area contributed by atoms with Gasteiger partial charge < -0.3 is 0 Å². The minimum Gasteiger partial charge on any atom is -0.239 e. The van der Waals surface area contributed by atoms with Crippen molar-refractivity contribution < 1.29 is 8.78 Å². The Bertz CT molecular complexity index is 352. The molecule has 0 bridgehead atoms. The molecular weight excluding hydrogens is 357 g/mol. The number of halogens is 4. The van der Waals surface area contributed by atoms with Crippen molar-refractivity contribution >= 4 is 38.5 Å². The van der Waals surface area contributed by atoms with Crippen LogP contribution in [0.2, 0.25) is 0 Å². The molecule has 0 spiro atoms. The third-order valence-electron chi connectivity index (χ3n) is 1.28. The number of nitrogens with zero attached hydrogens (tertiary/aromatic N) is 2. The Morgan fingerprint density at radius 1 is 1.62 bits per heavy atom. The molecule has 0 N–H and O–H groups in total. The Morgan fingerprint density at radius 2 is 2.23 bits per heavy atom. The monoisotopic (exact) mass is 358 g/mol. The van der Waals surface area contributed by atoms with Crippen molar-refractivity contribution in [2.75, 3.05) is 0 Å². The second kappa shape index (κ2) is 4.28. The topological polar surface area (TPSA) is 36.7 Å². The molecule has 0 saturated carbocycles. The summed E-state index contributed by atoms with van der Waals surface area (Å²) in [5, 5.41) is 8.62. The normalized spacial score (nSPS) is 10.2. The van der Waals surface area contributed by atoms with Crippen LogP contribution in [0.15, 0.2) is 10.5 Å². The molecule has 1 aromatic rings. The van der Waals surface area contributed by atoms with Crippen molar-refractivity contribution in [1.29, 1.82) is 5.26 Å². The summed E-state index contributed by atoms with van der Waals surface area (Å²) in [6.07, 6.45) is -2.61. The molecule has 0 saturated heterocycles. The number of hydrogen-bond acceptors (Lipinski definition) is 2. The summed E-state index contributed by atoms with van der Waals surface area (Å²) >= 11 is 4.77. The maximum absolute atomic E-state index is 12.2. The van der Waals surface area contributed by atoms with Gasteiger partial charge in [0.05, 0.1) is 5.56 Å². The average molecular weight is 359 g/mol. The molecule has 0 radical (unpaired) electrons. The van der Waals surface area contributed by atoms with Crippen LogP contribution in [0.3, 0.4) is 0 Å². The molecule has 0 aromatic carbocycles. The number of pyridine rings is 1. The number of rotatable bonds is 1. The highest BCUT2D eigenvalue weighted by atomic mass is 127. The van der Waals surface area contributed by atoms with Crippen LogP contribution in [0, 0.1) is 15.0 Å². The average Bonchev–Trinajstić information content (AvgIpc) is 2.03. The van der Waals surface area contributed by atoms with Gasteiger partial charge in [-0.1, -0.05) is 0 Å². The van der Waals surface area contributed by atoms with Gasteiger partial charge in [0.1, 0.15) is 15.5 Å². The highest BCUT2D eigenvalue weighted by Crippen LogP contribution is 2.25. The van der Waals surface area contributed by atoms with E-state index in [4.69, 9.17) is 5.26 Å². The Morgan fingerprint density at radius 3 is 2.62 bits per heavy atom. The Balaban J connectivity index is 3.30. The van der Waals surface area contributed by atoms with E-state index in [0.717, 1.165) is 6.07 Å². The fourth-order valence-electron chi connectivity index (χ4n) is 0.713. The molecular formula is C7H2BrF2IN2. The first-order chi connectivity index (χ1) is 6.06. The standard InChI is InChI=1S/C7H2BrF2IN2/c8-4-1-5(6(9)10)13-7(11)3(4)2-12/h1,6H. The van der Waals surface area contributed by atoms with Crippen LogP contribution in [-0.4, -0.2) is 4.98 Å². The summed E-state index contributed by atoms with van der Waals surface area (Å²) in [4.78, 5) is 3.59.